The Morgan fingerprint density at radius 2 is 2.00 bits per heavy atom. The van der Waals surface area contributed by atoms with Crippen LogP contribution in [-0.2, 0) is 0 Å². The molecule has 2 nitrogen and oxygen atoms in total. The van der Waals surface area contributed by atoms with Gasteiger partial charge >= 0.3 is 0 Å². The summed E-state index contributed by atoms with van der Waals surface area (Å²) in [5.74, 6) is 0.864. The first-order chi connectivity index (χ1) is 8.70. The normalized spacial score (nSPS) is 18.8. The zero-order valence-electron chi connectivity index (χ0n) is 11.9. The number of benzene rings is 1. The van der Waals surface area contributed by atoms with Crippen LogP contribution in [-0.4, -0.2) is 20.1 Å². The Morgan fingerprint density at radius 3 is 2.67 bits per heavy atom. The number of hydrogen-bond donors (Lipinski definition) is 2. The highest BCUT2D eigenvalue weighted by Gasteiger charge is 2.20. The predicted octanol–water partition coefficient (Wildman–Crippen LogP) is 2.95. The van der Waals surface area contributed by atoms with Crippen LogP contribution >= 0.6 is 0 Å². The van der Waals surface area contributed by atoms with E-state index >= 15 is 0 Å². The van der Waals surface area contributed by atoms with Gasteiger partial charge in [0.25, 0.3) is 0 Å². The molecule has 0 radical (unpaired) electrons. The average molecular weight is 246 g/mol. The molecule has 0 bridgehead atoms. The molecular weight excluding hydrogens is 220 g/mol. The Balaban J connectivity index is 2.09. The molecule has 1 aliphatic heterocycles. The fourth-order valence-electron chi connectivity index (χ4n) is 2.99. The molecule has 1 fully saturated rings. The number of hydrogen-bond acceptors (Lipinski definition) is 2. The molecule has 0 aliphatic carbocycles. The minimum Gasteiger partial charge on any atom is -0.317 e. The molecule has 2 heteroatoms. The highest BCUT2D eigenvalue weighted by molar-refractivity contribution is 5.33. The van der Waals surface area contributed by atoms with Crippen molar-refractivity contribution in [2.75, 3.05) is 20.1 Å². The molecule has 0 aromatic heterocycles. The second-order valence-electron chi connectivity index (χ2n) is 5.63. The van der Waals surface area contributed by atoms with E-state index in [0.29, 0.717) is 6.04 Å². The van der Waals surface area contributed by atoms with Crippen LogP contribution in [0.5, 0.6) is 0 Å². The monoisotopic (exact) mass is 246 g/mol. The maximum Gasteiger partial charge on any atom is 0.0322 e. The Hall–Kier alpha value is -0.860. The van der Waals surface area contributed by atoms with E-state index in [0.717, 1.165) is 5.92 Å². The molecule has 100 valence electrons. The largest absolute Gasteiger partial charge is 0.317 e. The first kappa shape index (κ1) is 13.6. The van der Waals surface area contributed by atoms with Crippen LogP contribution in [0.3, 0.4) is 0 Å². The van der Waals surface area contributed by atoms with Gasteiger partial charge in [-0.1, -0.05) is 23.8 Å². The topological polar surface area (TPSA) is 24.1 Å². The maximum atomic E-state index is 3.51. The van der Waals surface area contributed by atoms with Gasteiger partial charge in [0.1, 0.15) is 0 Å². The van der Waals surface area contributed by atoms with Crippen molar-refractivity contribution in [3.8, 4) is 0 Å². The van der Waals surface area contributed by atoms with E-state index in [2.05, 4.69) is 49.7 Å². The van der Waals surface area contributed by atoms with Gasteiger partial charge in [-0.15, -0.1) is 0 Å². The second-order valence-corrected chi connectivity index (χ2v) is 5.63. The highest BCUT2D eigenvalue weighted by Crippen LogP contribution is 2.28. The molecule has 1 aromatic rings. The summed E-state index contributed by atoms with van der Waals surface area (Å²) < 4.78 is 0. The molecule has 0 amide bonds. The third-order valence-corrected chi connectivity index (χ3v) is 4.19. The van der Waals surface area contributed by atoms with Gasteiger partial charge in [-0.25, -0.2) is 0 Å². The number of nitrogens with one attached hydrogen (secondary N) is 2. The second kappa shape index (κ2) is 6.35. The van der Waals surface area contributed by atoms with Crippen molar-refractivity contribution in [3.63, 3.8) is 0 Å². The summed E-state index contributed by atoms with van der Waals surface area (Å²) >= 11 is 0. The minimum atomic E-state index is 0.507. The Labute approximate surface area is 111 Å². The summed E-state index contributed by atoms with van der Waals surface area (Å²) in [7, 11) is 2.09. The lowest BCUT2D eigenvalue weighted by molar-refractivity contribution is 0.318. The van der Waals surface area contributed by atoms with E-state index in [1.165, 1.54) is 49.0 Å². The summed E-state index contributed by atoms with van der Waals surface area (Å²) in [6, 6.07) is 7.30. The van der Waals surface area contributed by atoms with Crippen LogP contribution < -0.4 is 10.6 Å². The van der Waals surface area contributed by atoms with Crippen LogP contribution in [0.25, 0.3) is 0 Å². The van der Waals surface area contributed by atoms with Gasteiger partial charge in [0, 0.05) is 6.04 Å². The van der Waals surface area contributed by atoms with Gasteiger partial charge in [-0.2, -0.15) is 0 Å². The molecule has 2 rings (SSSR count). The first-order valence-electron chi connectivity index (χ1n) is 7.16. The minimum absolute atomic E-state index is 0.507. The Morgan fingerprint density at radius 1 is 1.28 bits per heavy atom. The molecule has 2 N–H and O–H groups in total. The number of aryl methyl sites for hydroxylation is 2. The van der Waals surface area contributed by atoms with Gasteiger partial charge in [-0.3, -0.25) is 0 Å². The van der Waals surface area contributed by atoms with Gasteiger partial charge in [0.05, 0.1) is 0 Å². The molecule has 18 heavy (non-hydrogen) atoms. The van der Waals surface area contributed by atoms with E-state index < -0.39 is 0 Å². The first-order valence-corrected chi connectivity index (χ1v) is 7.16. The van der Waals surface area contributed by atoms with Crippen LogP contribution in [0, 0.1) is 19.8 Å². The number of rotatable bonds is 4. The van der Waals surface area contributed by atoms with Crippen LogP contribution in [0.15, 0.2) is 18.2 Å². The molecule has 1 aliphatic rings. The Bertz CT molecular complexity index is 381. The molecule has 0 saturated carbocycles. The summed E-state index contributed by atoms with van der Waals surface area (Å²) in [6.45, 7) is 6.78. The molecular formula is C16H26N2. The van der Waals surface area contributed by atoms with Crippen molar-refractivity contribution in [1.82, 2.24) is 10.6 Å². The highest BCUT2D eigenvalue weighted by atomic mass is 14.9. The molecule has 1 unspecified atom stereocenters. The van der Waals surface area contributed by atoms with Crippen molar-refractivity contribution in [1.29, 1.82) is 0 Å². The fourth-order valence-corrected chi connectivity index (χ4v) is 2.99. The van der Waals surface area contributed by atoms with Crippen LogP contribution in [0.4, 0.5) is 0 Å². The quantitative estimate of drug-likeness (QED) is 0.853. The molecule has 1 heterocycles. The molecule has 0 spiro atoms. The summed E-state index contributed by atoms with van der Waals surface area (Å²) in [4.78, 5) is 0. The van der Waals surface area contributed by atoms with Crippen LogP contribution in [0.2, 0.25) is 0 Å². The standard InChI is InChI=1S/C16H26N2/c1-12-4-5-13(2)15(10-12)16(17-3)11-14-6-8-18-9-7-14/h4-5,10,14,16-18H,6-9,11H2,1-3H3. The third kappa shape index (κ3) is 3.33. The average Bonchev–Trinajstić information content (AvgIpc) is 2.40. The van der Waals surface area contributed by atoms with Gasteiger partial charge < -0.3 is 10.6 Å². The summed E-state index contributed by atoms with van der Waals surface area (Å²) in [6.07, 6.45) is 3.91. The predicted molar refractivity (Wildman–Crippen MR) is 77.9 cm³/mol. The summed E-state index contributed by atoms with van der Waals surface area (Å²) in [5, 5.41) is 6.96. The molecule has 1 atom stereocenters. The van der Waals surface area contributed by atoms with E-state index in [1.807, 2.05) is 0 Å². The maximum absolute atomic E-state index is 3.51. The molecule has 1 saturated heterocycles. The fraction of sp³-hybridized carbons (Fsp3) is 0.625. The van der Waals surface area contributed by atoms with E-state index in [4.69, 9.17) is 0 Å². The van der Waals surface area contributed by atoms with Crippen molar-refractivity contribution >= 4 is 0 Å². The van der Waals surface area contributed by atoms with Crippen LogP contribution in [0.1, 0.15) is 42.0 Å². The zero-order chi connectivity index (χ0) is 13.0. The Kier molecular flexibility index (Phi) is 4.79. The summed E-state index contributed by atoms with van der Waals surface area (Å²) in [5.41, 5.74) is 4.26. The van der Waals surface area contributed by atoms with Crippen molar-refractivity contribution in [2.24, 2.45) is 5.92 Å². The zero-order valence-corrected chi connectivity index (χ0v) is 11.9. The third-order valence-electron chi connectivity index (χ3n) is 4.19. The van der Waals surface area contributed by atoms with Gasteiger partial charge in [-0.05, 0) is 70.3 Å². The lowest BCUT2D eigenvalue weighted by Crippen LogP contribution is -2.30. The van der Waals surface area contributed by atoms with Crippen molar-refractivity contribution in [3.05, 3.63) is 34.9 Å². The van der Waals surface area contributed by atoms with E-state index in [-0.39, 0.29) is 0 Å². The van der Waals surface area contributed by atoms with E-state index in [9.17, 15) is 0 Å². The van der Waals surface area contributed by atoms with Crippen molar-refractivity contribution in [2.45, 2.75) is 39.2 Å². The number of piperidine rings is 1. The SMILES string of the molecule is CNC(CC1CCNCC1)c1cc(C)ccc1C. The van der Waals surface area contributed by atoms with Gasteiger partial charge in [0.15, 0.2) is 0 Å². The lowest BCUT2D eigenvalue weighted by Gasteiger charge is -2.28. The van der Waals surface area contributed by atoms with Crippen molar-refractivity contribution < 1.29 is 0 Å². The lowest BCUT2D eigenvalue weighted by atomic mass is 9.86. The smallest absolute Gasteiger partial charge is 0.0322 e. The molecule has 1 aromatic carbocycles. The van der Waals surface area contributed by atoms with Gasteiger partial charge in [0.2, 0.25) is 0 Å². The van der Waals surface area contributed by atoms with E-state index in [1.54, 1.807) is 0 Å².